The number of aliphatic hydroxyl groups is 1. The van der Waals surface area contributed by atoms with E-state index < -0.39 is 0 Å². The second-order valence-electron chi connectivity index (χ2n) is 9.82. The van der Waals surface area contributed by atoms with Crippen molar-refractivity contribution in [1.82, 2.24) is 20.0 Å². The number of aliphatic hydroxyl groups excluding tert-OH is 1. The summed E-state index contributed by atoms with van der Waals surface area (Å²) in [6.45, 7) is 9.68. The summed E-state index contributed by atoms with van der Waals surface area (Å²) in [5, 5.41) is 17.3. The molecular formula is C24H34N4O2. The largest absolute Gasteiger partial charge is 0.393 e. The molecule has 2 aromatic rings. The number of hydrogen-bond acceptors (Lipinski definition) is 4. The minimum Gasteiger partial charge on any atom is -0.393 e. The van der Waals surface area contributed by atoms with Gasteiger partial charge in [0.15, 0.2) is 0 Å². The summed E-state index contributed by atoms with van der Waals surface area (Å²) in [6.07, 6.45) is 3.96. The van der Waals surface area contributed by atoms with Gasteiger partial charge >= 0.3 is 0 Å². The summed E-state index contributed by atoms with van der Waals surface area (Å²) in [5.41, 5.74) is 3.91. The van der Waals surface area contributed by atoms with Crippen LogP contribution in [0.2, 0.25) is 0 Å². The van der Waals surface area contributed by atoms with Gasteiger partial charge in [-0.3, -0.25) is 14.4 Å². The van der Waals surface area contributed by atoms with Crippen molar-refractivity contribution in [2.24, 2.45) is 0 Å². The lowest BCUT2D eigenvalue weighted by Gasteiger charge is -2.29. The highest BCUT2D eigenvalue weighted by Crippen LogP contribution is 2.41. The summed E-state index contributed by atoms with van der Waals surface area (Å²) in [5.74, 6) is 0.435. The number of nitrogens with one attached hydrogen (secondary N) is 1. The van der Waals surface area contributed by atoms with Crippen LogP contribution in [0.15, 0.2) is 30.3 Å². The molecule has 2 N–H and O–H groups in total. The van der Waals surface area contributed by atoms with Crippen LogP contribution in [0.5, 0.6) is 0 Å². The molecule has 6 nitrogen and oxygen atoms in total. The van der Waals surface area contributed by atoms with Gasteiger partial charge in [-0.2, -0.15) is 5.10 Å². The summed E-state index contributed by atoms with van der Waals surface area (Å²) in [7, 11) is 0. The SMILES string of the molecule is CC(C)(C)n1nc(C(=O)NCc2ccc(CN3CCC(O)CC3)cc2)cc1C1CC1. The van der Waals surface area contributed by atoms with E-state index in [-0.39, 0.29) is 17.6 Å². The summed E-state index contributed by atoms with van der Waals surface area (Å²) < 4.78 is 2.02. The molecule has 1 amide bonds. The number of aromatic nitrogens is 2. The summed E-state index contributed by atoms with van der Waals surface area (Å²) in [6, 6.07) is 10.4. The second-order valence-corrected chi connectivity index (χ2v) is 9.82. The zero-order valence-corrected chi connectivity index (χ0v) is 18.4. The molecule has 0 bridgehead atoms. The Morgan fingerprint density at radius 2 is 1.73 bits per heavy atom. The third-order valence-electron chi connectivity index (χ3n) is 6.04. The van der Waals surface area contributed by atoms with Gasteiger partial charge in [0.1, 0.15) is 5.69 Å². The average molecular weight is 411 g/mol. The zero-order chi connectivity index (χ0) is 21.3. The summed E-state index contributed by atoms with van der Waals surface area (Å²) >= 11 is 0. The molecule has 1 aliphatic heterocycles. The first kappa shape index (κ1) is 21.1. The maximum absolute atomic E-state index is 12.7. The second kappa shape index (κ2) is 8.52. The number of rotatable bonds is 6. The first-order valence-electron chi connectivity index (χ1n) is 11.2. The molecule has 2 fully saturated rings. The Labute approximate surface area is 179 Å². The standard InChI is InChI=1S/C24H34N4O2/c1-24(2,3)28-22(19-8-9-19)14-21(26-28)23(30)25-15-17-4-6-18(7-5-17)16-27-12-10-20(29)11-13-27/h4-7,14,19-20,29H,8-13,15-16H2,1-3H3,(H,25,30). The summed E-state index contributed by atoms with van der Waals surface area (Å²) in [4.78, 5) is 15.1. The molecule has 1 aromatic carbocycles. The Kier molecular flexibility index (Phi) is 5.98. The van der Waals surface area contributed by atoms with Crippen LogP contribution in [-0.4, -0.2) is 44.9 Å². The van der Waals surface area contributed by atoms with Gasteiger partial charge in [0.2, 0.25) is 0 Å². The highest BCUT2D eigenvalue weighted by molar-refractivity contribution is 5.92. The number of carbonyl (C=O) groups excluding carboxylic acids is 1. The Hall–Kier alpha value is -2.18. The molecule has 0 unspecified atom stereocenters. The van der Waals surface area contributed by atoms with Crippen molar-refractivity contribution < 1.29 is 9.90 Å². The fourth-order valence-electron chi connectivity index (χ4n) is 4.08. The number of piperidine rings is 1. The molecule has 1 saturated carbocycles. The normalized spacial score (nSPS) is 18.5. The molecule has 30 heavy (non-hydrogen) atoms. The number of nitrogens with zero attached hydrogens (tertiary/aromatic N) is 3. The van der Waals surface area contributed by atoms with E-state index in [9.17, 15) is 9.90 Å². The topological polar surface area (TPSA) is 70.4 Å². The lowest BCUT2D eigenvalue weighted by atomic mass is 10.1. The fraction of sp³-hybridized carbons (Fsp3) is 0.583. The van der Waals surface area contributed by atoms with Gasteiger partial charge in [0.25, 0.3) is 5.91 Å². The minimum absolute atomic E-state index is 0.115. The van der Waals surface area contributed by atoms with Crippen LogP contribution >= 0.6 is 0 Å². The predicted molar refractivity (Wildman–Crippen MR) is 117 cm³/mol. The molecular weight excluding hydrogens is 376 g/mol. The molecule has 2 aliphatic rings. The average Bonchev–Trinajstić information content (AvgIpc) is 3.45. The van der Waals surface area contributed by atoms with Crippen LogP contribution in [0, 0.1) is 0 Å². The zero-order valence-electron chi connectivity index (χ0n) is 18.4. The maximum Gasteiger partial charge on any atom is 0.272 e. The van der Waals surface area contributed by atoms with Gasteiger partial charge in [-0.25, -0.2) is 0 Å². The molecule has 162 valence electrons. The fourth-order valence-corrected chi connectivity index (χ4v) is 4.08. The van der Waals surface area contributed by atoms with Crippen molar-refractivity contribution in [1.29, 1.82) is 0 Å². The number of benzene rings is 1. The van der Waals surface area contributed by atoms with E-state index in [4.69, 9.17) is 0 Å². The van der Waals surface area contributed by atoms with E-state index in [0.717, 1.165) is 38.0 Å². The van der Waals surface area contributed by atoms with Crippen molar-refractivity contribution >= 4 is 5.91 Å². The van der Waals surface area contributed by atoms with Crippen molar-refractivity contribution in [3.63, 3.8) is 0 Å². The van der Waals surface area contributed by atoms with Crippen LogP contribution in [-0.2, 0) is 18.6 Å². The Balaban J connectivity index is 1.33. The third kappa shape index (κ3) is 5.10. The molecule has 0 atom stereocenters. The Morgan fingerprint density at radius 1 is 1.10 bits per heavy atom. The molecule has 0 spiro atoms. The van der Waals surface area contributed by atoms with E-state index in [0.29, 0.717) is 18.2 Å². The Bertz CT molecular complexity index is 870. The Morgan fingerprint density at radius 3 is 2.33 bits per heavy atom. The van der Waals surface area contributed by atoms with Crippen LogP contribution < -0.4 is 5.32 Å². The van der Waals surface area contributed by atoms with Gasteiger partial charge in [-0.1, -0.05) is 24.3 Å². The number of likely N-dealkylation sites (tertiary alicyclic amines) is 1. The van der Waals surface area contributed by atoms with Gasteiger partial charge < -0.3 is 10.4 Å². The van der Waals surface area contributed by atoms with Crippen molar-refractivity contribution in [2.75, 3.05) is 13.1 Å². The third-order valence-corrected chi connectivity index (χ3v) is 6.04. The van der Waals surface area contributed by atoms with E-state index >= 15 is 0 Å². The number of hydrogen-bond donors (Lipinski definition) is 2. The number of amides is 1. The number of carbonyl (C=O) groups is 1. The monoisotopic (exact) mass is 410 g/mol. The van der Waals surface area contributed by atoms with E-state index in [1.807, 2.05) is 10.7 Å². The van der Waals surface area contributed by atoms with Crippen molar-refractivity contribution in [2.45, 2.75) is 77.1 Å². The van der Waals surface area contributed by atoms with Crippen molar-refractivity contribution in [3.05, 3.63) is 52.8 Å². The molecule has 2 heterocycles. The van der Waals surface area contributed by atoms with Gasteiger partial charge in [0, 0.05) is 37.8 Å². The van der Waals surface area contributed by atoms with Crippen molar-refractivity contribution in [3.8, 4) is 0 Å². The molecule has 4 rings (SSSR count). The van der Waals surface area contributed by atoms with Gasteiger partial charge in [-0.15, -0.1) is 0 Å². The predicted octanol–water partition coefficient (Wildman–Crippen LogP) is 3.40. The van der Waals surface area contributed by atoms with Crippen LogP contribution in [0.3, 0.4) is 0 Å². The highest BCUT2D eigenvalue weighted by Gasteiger charge is 2.32. The molecule has 1 aliphatic carbocycles. The molecule has 0 radical (unpaired) electrons. The quantitative estimate of drug-likeness (QED) is 0.766. The van der Waals surface area contributed by atoms with Gasteiger partial charge in [-0.05, 0) is 63.6 Å². The first-order valence-corrected chi connectivity index (χ1v) is 11.2. The lowest BCUT2D eigenvalue weighted by Crippen LogP contribution is -2.35. The smallest absolute Gasteiger partial charge is 0.272 e. The van der Waals surface area contributed by atoms with Gasteiger partial charge in [0.05, 0.1) is 11.6 Å². The first-order chi connectivity index (χ1) is 14.3. The molecule has 6 heteroatoms. The maximum atomic E-state index is 12.7. The van der Waals surface area contributed by atoms with Crippen LogP contribution in [0.1, 0.15) is 79.7 Å². The van der Waals surface area contributed by atoms with E-state index in [1.165, 1.54) is 24.1 Å². The minimum atomic E-state index is -0.137. The van der Waals surface area contributed by atoms with Crippen LogP contribution in [0.4, 0.5) is 0 Å². The van der Waals surface area contributed by atoms with E-state index in [2.05, 4.69) is 60.4 Å². The van der Waals surface area contributed by atoms with Crippen LogP contribution in [0.25, 0.3) is 0 Å². The molecule has 1 saturated heterocycles. The highest BCUT2D eigenvalue weighted by atomic mass is 16.3. The van der Waals surface area contributed by atoms with E-state index in [1.54, 1.807) is 0 Å². The lowest BCUT2D eigenvalue weighted by molar-refractivity contribution is 0.0792. The molecule has 1 aromatic heterocycles.